The first-order valence-corrected chi connectivity index (χ1v) is 5.40. The van der Waals surface area contributed by atoms with Crippen LogP contribution in [0.1, 0.15) is 25.7 Å². The van der Waals surface area contributed by atoms with Gasteiger partial charge in [0.15, 0.2) is 0 Å². The summed E-state index contributed by atoms with van der Waals surface area (Å²) in [5.74, 6) is -5.50. The summed E-state index contributed by atoms with van der Waals surface area (Å²) in [6, 6.07) is -2.42. The minimum Gasteiger partial charge on any atom is -0.550 e. The summed E-state index contributed by atoms with van der Waals surface area (Å²) >= 11 is 0. The molecule has 0 aromatic rings. The summed E-state index contributed by atoms with van der Waals surface area (Å²) in [4.78, 5) is 39.2. The van der Waals surface area contributed by atoms with Gasteiger partial charge in [-0.2, -0.15) is 0 Å². The smallest absolute Gasteiger partial charge is 0.550 e. The van der Waals surface area contributed by atoms with Crippen molar-refractivity contribution in [3.8, 4) is 0 Å². The van der Waals surface area contributed by atoms with Crippen LogP contribution in [0.5, 0.6) is 0 Å². The molecule has 2 atom stereocenters. The maximum atomic E-state index is 9.86. The van der Waals surface area contributed by atoms with Crippen molar-refractivity contribution in [1.82, 2.24) is 0 Å². The van der Waals surface area contributed by atoms with E-state index in [1.165, 1.54) is 0 Å². The molecule has 0 aromatic heterocycles. The van der Waals surface area contributed by atoms with Crippen LogP contribution in [0.3, 0.4) is 0 Å². The Balaban J connectivity index is -0.000000135. The fraction of sp³-hybridized carbons (Fsp3) is 0.600. The van der Waals surface area contributed by atoms with Gasteiger partial charge in [0.25, 0.3) is 0 Å². The van der Waals surface area contributed by atoms with Gasteiger partial charge in [0.05, 0.1) is 11.9 Å². The van der Waals surface area contributed by atoms with Crippen LogP contribution >= 0.6 is 0 Å². The zero-order chi connectivity index (χ0) is 16.3. The van der Waals surface area contributed by atoms with Crippen molar-refractivity contribution in [2.45, 2.75) is 37.8 Å². The van der Waals surface area contributed by atoms with Crippen molar-refractivity contribution in [2.75, 3.05) is 0 Å². The quantitative estimate of drug-likeness (QED) is 0.355. The van der Waals surface area contributed by atoms with Crippen molar-refractivity contribution in [3.05, 3.63) is 0 Å². The van der Waals surface area contributed by atoms with E-state index in [9.17, 15) is 39.6 Å². The number of carboxylic acids is 4. The Morgan fingerprint density at radius 1 is 0.727 bits per heavy atom. The van der Waals surface area contributed by atoms with E-state index in [-0.39, 0.29) is 62.2 Å². The van der Waals surface area contributed by atoms with Gasteiger partial charge in [0.2, 0.25) is 0 Å². The Hall–Kier alpha value is -1.06. The molecule has 0 aliphatic carbocycles. The number of hydrogen-bond acceptors (Lipinski definition) is 10. The fourth-order valence-corrected chi connectivity index (χ4v) is 0.782. The third kappa shape index (κ3) is 21.2. The third-order valence-corrected chi connectivity index (χ3v) is 1.92. The van der Waals surface area contributed by atoms with Crippen molar-refractivity contribution in [3.63, 3.8) is 0 Å². The van der Waals surface area contributed by atoms with Gasteiger partial charge in [-0.1, -0.05) is 0 Å². The Labute approximate surface area is 149 Å². The van der Waals surface area contributed by atoms with Gasteiger partial charge in [-0.15, -0.1) is 0 Å². The first-order chi connectivity index (χ1) is 9.07. The molecule has 125 valence electrons. The summed E-state index contributed by atoms with van der Waals surface area (Å²) in [5, 5.41) is 39.2. The fourth-order valence-electron chi connectivity index (χ4n) is 0.782. The summed E-state index contributed by atoms with van der Waals surface area (Å²) in [6.07, 6.45) is -1.00. The van der Waals surface area contributed by atoms with E-state index >= 15 is 0 Å². The van der Waals surface area contributed by atoms with E-state index in [0.717, 1.165) is 0 Å². The number of rotatable bonds is 8. The molecular formula is C10H14CuN2O8Zn. The van der Waals surface area contributed by atoms with Crippen LogP contribution in [0, 0.1) is 0 Å². The van der Waals surface area contributed by atoms with Crippen molar-refractivity contribution in [2.24, 2.45) is 11.5 Å². The second-order valence-electron chi connectivity index (χ2n) is 3.67. The zero-order valence-corrected chi connectivity index (χ0v) is 15.3. The topological polar surface area (TPSA) is 213 Å². The predicted molar refractivity (Wildman–Crippen MR) is 54.4 cm³/mol. The van der Waals surface area contributed by atoms with Gasteiger partial charge >= 0.3 is 36.5 Å². The van der Waals surface area contributed by atoms with Crippen LogP contribution in [-0.2, 0) is 55.7 Å². The van der Waals surface area contributed by atoms with E-state index in [4.69, 9.17) is 11.5 Å². The maximum Gasteiger partial charge on any atom is 2.00 e. The van der Waals surface area contributed by atoms with Crippen LogP contribution in [0.25, 0.3) is 0 Å². The van der Waals surface area contributed by atoms with Gasteiger partial charge in [-0.3, -0.25) is 0 Å². The second-order valence-corrected chi connectivity index (χ2v) is 3.67. The van der Waals surface area contributed by atoms with Crippen LogP contribution in [0.15, 0.2) is 0 Å². The zero-order valence-electron chi connectivity index (χ0n) is 11.4. The molecule has 0 bridgehead atoms. The van der Waals surface area contributed by atoms with Gasteiger partial charge in [-0.05, 0) is 25.7 Å². The number of carboxylic acid groups (broad SMARTS) is 4. The summed E-state index contributed by atoms with van der Waals surface area (Å²) in [6.45, 7) is 0. The number of aliphatic carboxylic acids is 4. The first kappa shape index (κ1) is 29.0. The van der Waals surface area contributed by atoms with Gasteiger partial charge in [0.1, 0.15) is 0 Å². The van der Waals surface area contributed by atoms with Crippen LogP contribution in [0.2, 0.25) is 0 Å². The number of carbonyl (C=O) groups excluding carboxylic acids is 4. The monoisotopic (exact) mass is 417 g/mol. The minimum absolute atomic E-state index is 0. The molecule has 0 saturated heterocycles. The molecule has 0 heterocycles. The number of carbonyl (C=O) groups is 4. The second kappa shape index (κ2) is 16.3. The van der Waals surface area contributed by atoms with E-state index in [2.05, 4.69) is 0 Å². The first-order valence-electron chi connectivity index (χ1n) is 5.40. The van der Waals surface area contributed by atoms with Gasteiger partial charge in [-0.25, -0.2) is 0 Å². The van der Waals surface area contributed by atoms with E-state index in [1.54, 1.807) is 0 Å². The van der Waals surface area contributed by atoms with E-state index < -0.39 is 36.0 Å². The molecule has 0 rings (SSSR count). The average molecular weight is 419 g/mol. The molecule has 22 heavy (non-hydrogen) atoms. The van der Waals surface area contributed by atoms with Crippen molar-refractivity contribution < 1.29 is 76.2 Å². The summed E-state index contributed by atoms with van der Waals surface area (Å²) < 4.78 is 0. The molecular weight excluding hydrogens is 405 g/mol. The van der Waals surface area contributed by atoms with E-state index in [0.29, 0.717) is 0 Å². The SMILES string of the molecule is N[C@@H](CCC(=O)[O-])C(=O)[O-].N[C@@H](CCC(=O)[O-])C(=O)[O-].[Cu+2].[Zn+2]. The van der Waals surface area contributed by atoms with Crippen LogP contribution in [-0.4, -0.2) is 36.0 Å². The predicted octanol–water partition coefficient (Wildman–Crippen LogP) is -6.82. The molecule has 0 spiro atoms. The standard InChI is InChI=1S/2C5H9NO4.Cu.Zn/c2*6-3(5(9)10)1-2-4(7)8;;/h2*3H,1-2,6H2,(H,7,8)(H,9,10);;/q;;2*+2/p-4/t2*3-;;/m00../s1. The Morgan fingerprint density at radius 3 is 1.09 bits per heavy atom. The Kier molecular flexibility index (Phi) is 21.5. The molecule has 0 aliphatic rings. The largest absolute Gasteiger partial charge is 2.00 e. The molecule has 12 heteroatoms. The molecule has 0 unspecified atom stereocenters. The molecule has 0 fully saturated rings. The summed E-state index contributed by atoms with van der Waals surface area (Å²) in [7, 11) is 0. The van der Waals surface area contributed by atoms with Gasteiger partial charge < -0.3 is 51.1 Å². The Bertz CT molecular complexity index is 335. The molecule has 0 aromatic carbocycles. The molecule has 0 saturated carbocycles. The minimum atomic E-state index is -1.44. The van der Waals surface area contributed by atoms with Gasteiger partial charge in [0, 0.05) is 24.0 Å². The van der Waals surface area contributed by atoms with E-state index in [1.807, 2.05) is 0 Å². The van der Waals surface area contributed by atoms with Crippen LogP contribution < -0.4 is 31.9 Å². The summed E-state index contributed by atoms with van der Waals surface area (Å²) in [5.41, 5.74) is 9.82. The third-order valence-electron chi connectivity index (χ3n) is 1.92. The molecule has 0 aliphatic heterocycles. The molecule has 10 nitrogen and oxygen atoms in total. The number of hydrogen-bond donors (Lipinski definition) is 2. The van der Waals surface area contributed by atoms with Crippen molar-refractivity contribution >= 4 is 23.9 Å². The molecule has 4 N–H and O–H groups in total. The maximum absolute atomic E-state index is 9.86. The number of nitrogens with two attached hydrogens (primary N) is 2. The molecule has 0 amide bonds. The normalized spacial score (nSPS) is 11.4. The molecule has 1 radical (unpaired) electrons. The Morgan fingerprint density at radius 2 is 0.955 bits per heavy atom. The van der Waals surface area contributed by atoms with Crippen molar-refractivity contribution in [1.29, 1.82) is 0 Å². The average Bonchev–Trinajstić information content (AvgIpc) is 2.33. The van der Waals surface area contributed by atoms with Crippen LogP contribution in [0.4, 0.5) is 0 Å².